The van der Waals surface area contributed by atoms with E-state index in [0.29, 0.717) is 12.2 Å². The molecule has 134 valence electrons. The predicted octanol–water partition coefficient (Wildman–Crippen LogP) is 1.80. The molecule has 0 aliphatic rings. The Morgan fingerprint density at radius 3 is 2.71 bits per heavy atom. The zero-order chi connectivity index (χ0) is 17.9. The average molecular weight is 346 g/mol. The molecule has 1 amide bonds. The summed E-state index contributed by atoms with van der Waals surface area (Å²) in [4.78, 5) is 16.4. The summed E-state index contributed by atoms with van der Waals surface area (Å²) < 4.78 is 38.6. The minimum absolute atomic E-state index is 0.0860. The fourth-order valence-corrected chi connectivity index (χ4v) is 1.76. The van der Waals surface area contributed by atoms with Gasteiger partial charge >= 0.3 is 6.61 Å². The number of halogens is 2. The molecule has 0 radical (unpaired) electrons. The third kappa shape index (κ3) is 7.23. The standard InChI is InChI=1S/C15H20F2N2O5/c1-10(8-21-2)19-14(20)9-23-18-7-11-4-5-12(24-15(16)17)13(6-11)22-3/h4-7,10,15H,8-9H2,1-3H3,(H,19,20). The fraction of sp³-hybridized carbons (Fsp3) is 0.467. The van der Waals surface area contributed by atoms with Crippen molar-refractivity contribution in [2.45, 2.75) is 19.6 Å². The van der Waals surface area contributed by atoms with Gasteiger partial charge in [0.25, 0.3) is 5.91 Å². The maximum atomic E-state index is 12.2. The maximum absolute atomic E-state index is 12.2. The molecule has 0 saturated heterocycles. The minimum Gasteiger partial charge on any atom is -0.493 e. The number of hydrogen-bond acceptors (Lipinski definition) is 6. The lowest BCUT2D eigenvalue weighted by atomic mass is 10.2. The molecule has 7 nitrogen and oxygen atoms in total. The fourth-order valence-electron chi connectivity index (χ4n) is 1.76. The Morgan fingerprint density at radius 1 is 1.33 bits per heavy atom. The zero-order valence-corrected chi connectivity index (χ0v) is 13.6. The zero-order valence-electron chi connectivity index (χ0n) is 13.6. The van der Waals surface area contributed by atoms with Crippen LogP contribution in [0.25, 0.3) is 0 Å². The maximum Gasteiger partial charge on any atom is 0.387 e. The van der Waals surface area contributed by atoms with Gasteiger partial charge in [0.15, 0.2) is 18.1 Å². The van der Waals surface area contributed by atoms with Gasteiger partial charge in [-0.2, -0.15) is 8.78 Å². The molecule has 0 aliphatic heterocycles. The second kappa shape index (κ2) is 10.4. The SMILES string of the molecule is COCC(C)NC(=O)CON=Cc1ccc(OC(F)F)c(OC)c1. The topological polar surface area (TPSA) is 78.4 Å². The molecule has 0 aliphatic carbocycles. The highest BCUT2D eigenvalue weighted by atomic mass is 19.3. The van der Waals surface area contributed by atoms with Crippen LogP contribution in [0, 0.1) is 0 Å². The monoisotopic (exact) mass is 346 g/mol. The van der Waals surface area contributed by atoms with Crippen molar-refractivity contribution in [3.8, 4) is 11.5 Å². The Balaban J connectivity index is 2.51. The second-order valence-electron chi connectivity index (χ2n) is 4.72. The van der Waals surface area contributed by atoms with Crippen molar-refractivity contribution in [3.05, 3.63) is 23.8 Å². The third-order valence-corrected chi connectivity index (χ3v) is 2.70. The van der Waals surface area contributed by atoms with Gasteiger partial charge in [-0.25, -0.2) is 0 Å². The first kappa shape index (κ1) is 19.6. The summed E-state index contributed by atoms with van der Waals surface area (Å²) in [7, 11) is 2.87. The quantitative estimate of drug-likeness (QED) is 0.516. The lowest BCUT2D eigenvalue weighted by molar-refractivity contribution is -0.126. The molecule has 0 spiro atoms. The summed E-state index contributed by atoms with van der Waals surface area (Å²) in [5.41, 5.74) is 0.529. The summed E-state index contributed by atoms with van der Waals surface area (Å²) in [5, 5.41) is 6.29. The number of carbonyl (C=O) groups is 1. The first-order valence-corrected chi connectivity index (χ1v) is 7.02. The van der Waals surface area contributed by atoms with Gasteiger partial charge in [-0.1, -0.05) is 5.16 Å². The van der Waals surface area contributed by atoms with Crippen LogP contribution in [-0.2, 0) is 14.4 Å². The van der Waals surface area contributed by atoms with Gasteiger partial charge in [0.05, 0.1) is 19.9 Å². The van der Waals surface area contributed by atoms with Gasteiger partial charge in [-0.3, -0.25) is 4.79 Å². The van der Waals surface area contributed by atoms with Gasteiger partial charge in [0.1, 0.15) is 0 Å². The molecule has 1 N–H and O–H groups in total. The van der Waals surface area contributed by atoms with Gasteiger partial charge in [-0.15, -0.1) is 0 Å². The van der Waals surface area contributed by atoms with Crippen molar-refractivity contribution in [1.29, 1.82) is 0 Å². The van der Waals surface area contributed by atoms with Crippen molar-refractivity contribution in [1.82, 2.24) is 5.32 Å². The number of rotatable bonds is 10. The molecule has 1 aromatic rings. The number of hydrogen-bond donors (Lipinski definition) is 1. The van der Waals surface area contributed by atoms with Crippen LogP contribution in [0.1, 0.15) is 12.5 Å². The molecular formula is C15H20F2N2O5. The number of carbonyl (C=O) groups excluding carboxylic acids is 1. The summed E-state index contributed by atoms with van der Waals surface area (Å²) in [6.45, 7) is -1.02. The summed E-state index contributed by atoms with van der Waals surface area (Å²) >= 11 is 0. The van der Waals surface area contributed by atoms with Crippen LogP contribution >= 0.6 is 0 Å². The van der Waals surface area contributed by atoms with Gasteiger partial charge in [0, 0.05) is 18.7 Å². The highest BCUT2D eigenvalue weighted by Gasteiger charge is 2.10. The number of methoxy groups -OCH3 is 2. The summed E-state index contributed by atoms with van der Waals surface area (Å²) in [6, 6.07) is 4.13. The van der Waals surface area contributed by atoms with E-state index in [1.165, 1.54) is 38.6 Å². The van der Waals surface area contributed by atoms with Gasteiger partial charge < -0.3 is 24.4 Å². The highest BCUT2D eigenvalue weighted by Crippen LogP contribution is 2.28. The molecule has 0 fully saturated rings. The number of benzene rings is 1. The predicted molar refractivity (Wildman–Crippen MR) is 82.7 cm³/mol. The average Bonchev–Trinajstić information content (AvgIpc) is 2.52. The number of ether oxygens (including phenoxy) is 3. The molecule has 0 heterocycles. The smallest absolute Gasteiger partial charge is 0.387 e. The molecule has 1 unspecified atom stereocenters. The van der Waals surface area contributed by atoms with Crippen LogP contribution in [0.15, 0.2) is 23.4 Å². The molecule has 9 heteroatoms. The molecule has 1 atom stereocenters. The Labute approximate surface area is 138 Å². The summed E-state index contributed by atoms with van der Waals surface area (Å²) in [6.07, 6.45) is 1.32. The minimum atomic E-state index is -2.94. The van der Waals surface area contributed by atoms with E-state index >= 15 is 0 Å². The molecule has 1 aromatic carbocycles. The third-order valence-electron chi connectivity index (χ3n) is 2.70. The van der Waals surface area contributed by atoms with Crippen molar-refractivity contribution >= 4 is 12.1 Å². The number of oxime groups is 1. The van der Waals surface area contributed by atoms with Gasteiger partial charge in [0.2, 0.25) is 0 Å². The highest BCUT2D eigenvalue weighted by molar-refractivity contribution is 5.81. The molecular weight excluding hydrogens is 326 g/mol. The molecule has 0 aromatic heterocycles. The number of nitrogens with one attached hydrogen (secondary N) is 1. The molecule has 1 rings (SSSR count). The van der Waals surface area contributed by atoms with Crippen LogP contribution in [0.2, 0.25) is 0 Å². The van der Waals surface area contributed by atoms with Crippen LogP contribution in [0.4, 0.5) is 8.78 Å². The van der Waals surface area contributed by atoms with Crippen molar-refractivity contribution < 1.29 is 32.6 Å². The van der Waals surface area contributed by atoms with Crippen LogP contribution in [0.3, 0.4) is 0 Å². The van der Waals surface area contributed by atoms with Crippen LogP contribution in [-0.4, -0.2) is 52.2 Å². The van der Waals surface area contributed by atoms with E-state index in [1.54, 1.807) is 6.92 Å². The Hall–Kier alpha value is -2.42. The van der Waals surface area contributed by atoms with E-state index in [0.717, 1.165) is 0 Å². The number of alkyl halides is 2. The van der Waals surface area contributed by atoms with E-state index in [4.69, 9.17) is 14.3 Å². The lowest BCUT2D eigenvalue weighted by Gasteiger charge is -2.11. The van der Waals surface area contributed by atoms with Crippen LogP contribution < -0.4 is 14.8 Å². The van der Waals surface area contributed by atoms with E-state index in [2.05, 4.69) is 15.2 Å². The largest absolute Gasteiger partial charge is 0.493 e. The van der Waals surface area contributed by atoms with Crippen molar-refractivity contribution in [2.75, 3.05) is 27.4 Å². The van der Waals surface area contributed by atoms with E-state index < -0.39 is 6.61 Å². The first-order valence-electron chi connectivity index (χ1n) is 7.02. The normalized spacial score (nSPS) is 12.2. The van der Waals surface area contributed by atoms with E-state index in [9.17, 15) is 13.6 Å². The first-order chi connectivity index (χ1) is 11.5. The van der Waals surface area contributed by atoms with Crippen LogP contribution in [0.5, 0.6) is 11.5 Å². The van der Waals surface area contributed by atoms with Gasteiger partial charge in [-0.05, 0) is 25.1 Å². The van der Waals surface area contributed by atoms with Crippen molar-refractivity contribution in [2.24, 2.45) is 5.16 Å². The number of nitrogens with zero attached hydrogens (tertiary/aromatic N) is 1. The Kier molecular flexibility index (Phi) is 8.48. The van der Waals surface area contributed by atoms with E-state index in [-0.39, 0.29) is 30.1 Å². The Morgan fingerprint density at radius 2 is 2.08 bits per heavy atom. The van der Waals surface area contributed by atoms with Crippen molar-refractivity contribution in [3.63, 3.8) is 0 Å². The number of amides is 1. The Bertz CT molecular complexity index is 555. The molecule has 0 bridgehead atoms. The lowest BCUT2D eigenvalue weighted by Crippen LogP contribution is -2.37. The van der Waals surface area contributed by atoms with E-state index in [1.807, 2.05) is 0 Å². The molecule has 24 heavy (non-hydrogen) atoms. The second-order valence-corrected chi connectivity index (χ2v) is 4.72. The molecule has 0 saturated carbocycles. The summed E-state index contributed by atoms with van der Waals surface area (Å²) in [5.74, 6) is -0.294.